The van der Waals surface area contributed by atoms with Crippen LogP contribution in [0.15, 0.2) is 18.2 Å². The van der Waals surface area contributed by atoms with Gasteiger partial charge in [0.25, 0.3) is 5.91 Å². The highest BCUT2D eigenvalue weighted by atomic mass is 19.4. The molecule has 0 heterocycles. The summed E-state index contributed by atoms with van der Waals surface area (Å²) in [7, 11) is 0. The topological polar surface area (TPSA) is 44.1 Å². The zero-order valence-electron chi connectivity index (χ0n) is 9.96. The van der Waals surface area contributed by atoms with Crippen LogP contribution in [0, 0.1) is 17.1 Å². The number of carbonyl (C=O) groups excluding carboxylic acids is 1. The molecule has 0 atom stereocenters. The van der Waals surface area contributed by atoms with E-state index in [0.717, 1.165) is 11.0 Å². The average Bonchev–Trinajstić information content (AvgIpc) is 2.34. The van der Waals surface area contributed by atoms with Crippen LogP contribution in [-0.4, -0.2) is 23.9 Å². The lowest BCUT2D eigenvalue weighted by atomic mass is 10.1. The number of benzene rings is 1. The second kappa shape index (κ2) is 5.69. The molecular formula is C12H10F4N2O. The van der Waals surface area contributed by atoms with Crippen molar-refractivity contribution in [3.63, 3.8) is 0 Å². The zero-order chi connectivity index (χ0) is 14.6. The summed E-state index contributed by atoms with van der Waals surface area (Å²) in [5.41, 5.74) is -1.79. The highest BCUT2D eigenvalue weighted by molar-refractivity contribution is 5.94. The van der Waals surface area contributed by atoms with E-state index < -0.39 is 23.5 Å². The predicted molar refractivity (Wildman–Crippen MR) is 58.6 cm³/mol. The van der Waals surface area contributed by atoms with Crippen molar-refractivity contribution in [1.29, 1.82) is 5.26 Å². The van der Waals surface area contributed by atoms with Gasteiger partial charge >= 0.3 is 6.18 Å². The first-order chi connectivity index (χ1) is 8.81. The maximum atomic E-state index is 13.1. The van der Waals surface area contributed by atoms with Crippen LogP contribution in [0.3, 0.4) is 0 Å². The van der Waals surface area contributed by atoms with E-state index in [0.29, 0.717) is 12.1 Å². The van der Waals surface area contributed by atoms with E-state index in [9.17, 15) is 22.4 Å². The zero-order valence-corrected chi connectivity index (χ0v) is 9.96. The van der Waals surface area contributed by atoms with E-state index in [1.807, 2.05) is 0 Å². The van der Waals surface area contributed by atoms with E-state index in [1.54, 1.807) is 13.0 Å². The van der Waals surface area contributed by atoms with Crippen LogP contribution in [0.25, 0.3) is 0 Å². The quantitative estimate of drug-likeness (QED) is 0.628. The second-order valence-corrected chi connectivity index (χ2v) is 3.67. The van der Waals surface area contributed by atoms with Crippen molar-refractivity contribution in [3.05, 3.63) is 35.1 Å². The average molecular weight is 274 g/mol. The summed E-state index contributed by atoms with van der Waals surface area (Å²) in [6, 6.07) is 3.75. The molecule has 0 aliphatic rings. The highest BCUT2D eigenvalue weighted by Crippen LogP contribution is 2.32. The Kier molecular flexibility index (Phi) is 4.48. The Labute approximate surface area is 107 Å². The van der Waals surface area contributed by atoms with Gasteiger partial charge in [0.15, 0.2) is 0 Å². The Morgan fingerprint density at radius 3 is 2.53 bits per heavy atom. The van der Waals surface area contributed by atoms with Crippen molar-refractivity contribution < 1.29 is 22.4 Å². The first-order valence-corrected chi connectivity index (χ1v) is 5.34. The maximum absolute atomic E-state index is 13.1. The van der Waals surface area contributed by atoms with Crippen LogP contribution in [0.1, 0.15) is 22.8 Å². The number of amides is 1. The molecule has 0 saturated heterocycles. The first kappa shape index (κ1) is 15.0. The SMILES string of the molecule is CCN(CC#N)C(=O)c1ccc(F)c(C(F)(F)F)c1. The maximum Gasteiger partial charge on any atom is 0.419 e. The number of hydrogen-bond donors (Lipinski definition) is 0. The van der Waals surface area contributed by atoms with Gasteiger partial charge in [-0.25, -0.2) is 4.39 Å². The van der Waals surface area contributed by atoms with Crippen molar-refractivity contribution in [3.8, 4) is 6.07 Å². The van der Waals surface area contributed by atoms with Gasteiger partial charge in [0, 0.05) is 12.1 Å². The van der Waals surface area contributed by atoms with E-state index in [-0.39, 0.29) is 18.7 Å². The lowest BCUT2D eigenvalue weighted by Crippen LogP contribution is -2.31. The summed E-state index contributed by atoms with van der Waals surface area (Å²) in [6.07, 6.45) is -4.87. The molecule has 7 heteroatoms. The molecule has 0 saturated carbocycles. The smallest absolute Gasteiger partial charge is 0.326 e. The number of nitrogens with zero attached hydrogens (tertiary/aromatic N) is 2. The fourth-order valence-electron chi connectivity index (χ4n) is 1.47. The summed E-state index contributed by atoms with van der Waals surface area (Å²) >= 11 is 0. The van der Waals surface area contributed by atoms with Gasteiger partial charge in [-0.1, -0.05) is 0 Å². The van der Waals surface area contributed by atoms with Gasteiger partial charge in [0.05, 0.1) is 11.6 Å². The molecule has 0 unspecified atom stereocenters. The third-order valence-corrected chi connectivity index (χ3v) is 2.45. The Bertz CT molecular complexity index is 519. The predicted octanol–water partition coefficient (Wildman–Crippen LogP) is 2.83. The Morgan fingerprint density at radius 1 is 1.42 bits per heavy atom. The van der Waals surface area contributed by atoms with Crippen LogP contribution in [0.4, 0.5) is 17.6 Å². The van der Waals surface area contributed by atoms with Crippen LogP contribution in [0.2, 0.25) is 0 Å². The van der Waals surface area contributed by atoms with Crippen LogP contribution >= 0.6 is 0 Å². The minimum Gasteiger partial charge on any atom is -0.326 e. The number of rotatable bonds is 3. The molecule has 1 amide bonds. The molecule has 19 heavy (non-hydrogen) atoms. The summed E-state index contributed by atoms with van der Waals surface area (Å²) in [6.45, 7) is 1.52. The first-order valence-electron chi connectivity index (χ1n) is 5.34. The Hall–Kier alpha value is -2.10. The number of halogens is 4. The number of alkyl halides is 3. The molecule has 1 aromatic rings. The van der Waals surface area contributed by atoms with Gasteiger partial charge < -0.3 is 4.90 Å². The molecule has 0 aromatic heterocycles. The molecule has 0 aliphatic heterocycles. The number of carbonyl (C=O) groups is 1. The normalized spacial score (nSPS) is 10.9. The minimum atomic E-state index is -4.87. The molecule has 1 rings (SSSR count). The molecule has 0 bridgehead atoms. The third kappa shape index (κ3) is 3.44. The molecule has 0 aliphatic carbocycles. The van der Waals surface area contributed by atoms with Gasteiger partial charge in [-0.3, -0.25) is 4.79 Å². The third-order valence-electron chi connectivity index (χ3n) is 2.45. The number of hydrogen-bond acceptors (Lipinski definition) is 2. The van der Waals surface area contributed by atoms with Crippen molar-refractivity contribution in [1.82, 2.24) is 4.90 Å². The standard InChI is InChI=1S/C12H10F4N2O/c1-2-18(6-5-17)11(19)8-3-4-10(13)9(7-8)12(14,15)16/h3-4,7H,2,6H2,1H3. The second-order valence-electron chi connectivity index (χ2n) is 3.67. The molecule has 0 radical (unpaired) electrons. The summed E-state index contributed by atoms with van der Waals surface area (Å²) in [4.78, 5) is 12.9. The molecule has 0 N–H and O–H groups in total. The summed E-state index contributed by atoms with van der Waals surface area (Å²) in [5.74, 6) is -2.18. The lowest BCUT2D eigenvalue weighted by molar-refractivity contribution is -0.140. The van der Waals surface area contributed by atoms with Gasteiger partial charge in [-0.2, -0.15) is 18.4 Å². The van der Waals surface area contributed by atoms with Gasteiger partial charge in [0.2, 0.25) is 0 Å². The number of nitriles is 1. The van der Waals surface area contributed by atoms with Gasteiger partial charge in [-0.15, -0.1) is 0 Å². The van der Waals surface area contributed by atoms with Gasteiger partial charge in [-0.05, 0) is 25.1 Å². The van der Waals surface area contributed by atoms with Crippen molar-refractivity contribution >= 4 is 5.91 Å². The molecule has 3 nitrogen and oxygen atoms in total. The summed E-state index contributed by atoms with van der Waals surface area (Å²) < 4.78 is 50.6. The van der Waals surface area contributed by atoms with Crippen molar-refractivity contribution in [2.75, 3.05) is 13.1 Å². The molecule has 1 aromatic carbocycles. The fraction of sp³-hybridized carbons (Fsp3) is 0.333. The monoisotopic (exact) mass is 274 g/mol. The minimum absolute atomic E-state index is 0.172. The largest absolute Gasteiger partial charge is 0.419 e. The fourth-order valence-corrected chi connectivity index (χ4v) is 1.47. The van der Waals surface area contributed by atoms with E-state index in [2.05, 4.69) is 0 Å². The molecule has 102 valence electrons. The van der Waals surface area contributed by atoms with Crippen LogP contribution in [0.5, 0.6) is 0 Å². The Balaban J connectivity index is 3.16. The van der Waals surface area contributed by atoms with Crippen molar-refractivity contribution in [2.45, 2.75) is 13.1 Å². The lowest BCUT2D eigenvalue weighted by Gasteiger charge is -2.18. The Morgan fingerprint density at radius 2 is 2.05 bits per heavy atom. The van der Waals surface area contributed by atoms with Gasteiger partial charge in [0.1, 0.15) is 12.4 Å². The molecule has 0 fully saturated rings. The molecular weight excluding hydrogens is 264 g/mol. The highest BCUT2D eigenvalue weighted by Gasteiger charge is 2.35. The van der Waals surface area contributed by atoms with Crippen LogP contribution in [-0.2, 0) is 6.18 Å². The van der Waals surface area contributed by atoms with Crippen molar-refractivity contribution in [2.24, 2.45) is 0 Å². The van der Waals surface area contributed by atoms with Crippen LogP contribution < -0.4 is 0 Å². The van der Waals surface area contributed by atoms with E-state index in [4.69, 9.17) is 5.26 Å². The molecule has 0 spiro atoms. The van der Waals surface area contributed by atoms with E-state index in [1.165, 1.54) is 0 Å². The summed E-state index contributed by atoms with van der Waals surface area (Å²) in [5, 5.41) is 8.51. The van der Waals surface area contributed by atoms with E-state index >= 15 is 0 Å².